The first kappa shape index (κ1) is 17.8. The SMILES string of the molecule is CCN(CC)C(=O)/C=C1\SC(=Nc2c(Cl)cccc2Cl)NC1=O. The number of hydrogen-bond acceptors (Lipinski definition) is 4. The second kappa shape index (κ2) is 7.86. The maximum atomic E-state index is 12.1. The van der Waals surface area contributed by atoms with Crippen molar-refractivity contribution >= 4 is 57.6 Å². The van der Waals surface area contributed by atoms with Crippen molar-refractivity contribution in [3.8, 4) is 0 Å². The lowest BCUT2D eigenvalue weighted by molar-refractivity contribution is -0.126. The van der Waals surface area contributed by atoms with Crippen LogP contribution in [0.5, 0.6) is 0 Å². The van der Waals surface area contributed by atoms with E-state index < -0.39 is 0 Å². The summed E-state index contributed by atoms with van der Waals surface area (Å²) in [4.78, 5) is 30.2. The summed E-state index contributed by atoms with van der Waals surface area (Å²) in [5.41, 5.74) is 0.384. The number of amides is 2. The summed E-state index contributed by atoms with van der Waals surface area (Å²) in [6.07, 6.45) is 1.32. The Balaban J connectivity index is 2.23. The minimum Gasteiger partial charge on any atom is -0.340 e. The van der Waals surface area contributed by atoms with Crippen molar-refractivity contribution in [3.63, 3.8) is 0 Å². The third-order valence-electron chi connectivity index (χ3n) is 3.13. The monoisotopic (exact) mass is 371 g/mol. The average Bonchev–Trinajstić information content (AvgIpc) is 2.84. The molecule has 0 atom stereocenters. The maximum Gasteiger partial charge on any atom is 0.264 e. The van der Waals surface area contributed by atoms with Crippen LogP contribution in [0.4, 0.5) is 5.69 Å². The lowest BCUT2D eigenvalue weighted by Crippen LogP contribution is -2.29. The predicted octanol–water partition coefficient (Wildman–Crippen LogP) is 3.60. The number of carbonyl (C=O) groups is 2. The highest BCUT2D eigenvalue weighted by molar-refractivity contribution is 8.18. The van der Waals surface area contributed by atoms with E-state index in [1.807, 2.05) is 13.8 Å². The standard InChI is InChI=1S/C15H15Cl2N3O2S/c1-3-20(4-2)12(21)8-11-14(22)19-15(23-11)18-13-9(16)6-5-7-10(13)17/h5-8H,3-4H2,1-2H3,(H,18,19,22)/b11-8-. The molecule has 122 valence electrons. The van der Waals surface area contributed by atoms with E-state index in [0.717, 1.165) is 11.8 Å². The molecule has 0 aliphatic carbocycles. The predicted molar refractivity (Wildman–Crippen MR) is 95.3 cm³/mol. The Kier molecular flexibility index (Phi) is 6.10. The number of hydrogen-bond donors (Lipinski definition) is 1. The molecular formula is C15H15Cl2N3O2S. The number of nitrogens with one attached hydrogen (secondary N) is 1. The van der Waals surface area contributed by atoms with E-state index in [9.17, 15) is 9.59 Å². The highest BCUT2D eigenvalue weighted by Crippen LogP contribution is 2.35. The summed E-state index contributed by atoms with van der Waals surface area (Å²) in [6, 6.07) is 5.03. The van der Waals surface area contributed by atoms with Crippen molar-refractivity contribution in [3.05, 3.63) is 39.2 Å². The van der Waals surface area contributed by atoms with Gasteiger partial charge in [-0.1, -0.05) is 29.3 Å². The van der Waals surface area contributed by atoms with Crippen molar-refractivity contribution in [2.45, 2.75) is 13.8 Å². The van der Waals surface area contributed by atoms with E-state index in [1.54, 1.807) is 23.1 Å². The molecule has 5 nitrogen and oxygen atoms in total. The largest absolute Gasteiger partial charge is 0.340 e. The molecule has 1 N–H and O–H groups in total. The number of benzene rings is 1. The smallest absolute Gasteiger partial charge is 0.264 e. The van der Waals surface area contributed by atoms with E-state index in [-0.39, 0.29) is 11.8 Å². The first-order valence-electron chi connectivity index (χ1n) is 6.98. The Labute approximate surface area is 148 Å². The van der Waals surface area contributed by atoms with Gasteiger partial charge in [-0.05, 0) is 37.7 Å². The van der Waals surface area contributed by atoms with Crippen LogP contribution in [0.25, 0.3) is 0 Å². The Bertz CT molecular complexity index is 680. The van der Waals surface area contributed by atoms with Crippen LogP contribution in [0.1, 0.15) is 13.8 Å². The molecule has 23 heavy (non-hydrogen) atoms. The molecule has 0 radical (unpaired) electrons. The molecular weight excluding hydrogens is 357 g/mol. The molecule has 1 aliphatic heterocycles. The molecule has 0 aromatic heterocycles. The summed E-state index contributed by atoms with van der Waals surface area (Å²) in [5.74, 6) is -0.567. The van der Waals surface area contributed by atoms with Gasteiger partial charge in [0.2, 0.25) is 5.91 Å². The zero-order valence-corrected chi connectivity index (χ0v) is 14.9. The van der Waals surface area contributed by atoms with Crippen LogP contribution in [0.2, 0.25) is 10.0 Å². The maximum absolute atomic E-state index is 12.1. The van der Waals surface area contributed by atoms with Gasteiger partial charge < -0.3 is 10.2 Å². The summed E-state index contributed by atoms with van der Waals surface area (Å²) < 4.78 is 0. The van der Waals surface area contributed by atoms with Gasteiger partial charge in [-0.15, -0.1) is 0 Å². The number of likely N-dealkylation sites (N-methyl/N-ethyl adjacent to an activating group) is 1. The van der Waals surface area contributed by atoms with E-state index in [0.29, 0.717) is 38.9 Å². The molecule has 0 unspecified atom stereocenters. The topological polar surface area (TPSA) is 61.8 Å². The van der Waals surface area contributed by atoms with Gasteiger partial charge in [0.15, 0.2) is 5.17 Å². The number of aliphatic imine (C=N–C) groups is 1. The fraction of sp³-hybridized carbons (Fsp3) is 0.267. The zero-order valence-electron chi connectivity index (χ0n) is 12.6. The van der Waals surface area contributed by atoms with Gasteiger partial charge in [0.25, 0.3) is 5.91 Å². The van der Waals surface area contributed by atoms with Crippen LogP contribution >= 0.6 is 35.0 Å². The second-order valence-electron chi connectivity index (χ2n) is 4.56. The summed E-state index contributed by atoms with van der Waals surface area (Å²) in [7, 11) is 0. The van der Waals surface area contributed by atoms with Crippen LogP contribution < -0.4 is 5.32 Å². The van der Waals surface area contributed by atoms with Crippen LogP contribution in [0.3, 0.4) is 0 Å². The molecule has 0 saturated carbocycles. The summed E-state index contributed by atoms with van der Waals surface area (Å²) in [6.45, 7) is 4.94. The normalized spacial score (nSPS) is 17.7. The molecule has 2 rings (SSSR count). The van der Waals surface area contributed by atoms with E-state index >= 15 is 0 Å². The Morgan fingerprint density at radius 2 is 1.91 bits per heavy atom. The Morgan fingerprint density at radius 3 is 2.48 bits per heavy atom. The minimum atomic E-state index is -0.363. The van der Waals surface area contributed by atoms with Gasteiger partial charge in [0, 0.05) is 19.2 Å². The lowest BCUT2D eigenvalue weighted by Gasteiger charge is -2.16. The summed E-state index contributed by atoms with van der Waals surface area (Å²) >= 11 is 13.2. The van der Waals surface area contributed by atoms with Gasteiger partial charge >= 0.3 is 0 Å². The Morgan fingerprint density at radius 1 is 1.30 bits per heavy atom. The zero-order chi connectivity index (χ0) is 17.0. The molecule has 1 aliphatic rings. The number of rotatable bonds is 4. The quantitative estimate of drug-likeness (QED) is 0.822. The second-order valence-corrected chi connectivity index (χ2v) is 6.41. The van der Waals surface area contributed by atoms with Gasteiger partial charge in [-0.25, -0.2) is 4.99 Å². The van der Waals surface area contributed by atoms with E-state index in [4.69, 9.17) is 23.2 Å². The van der Waals surface area contributed by atoms with Gasteiger partial charge in [-0.2, -0.15) is 0 Å². The van der Waals surface area contributed by atoms with Gasteiger partial charge in [0.05, 0.1) is 15.0 Å². The molecule has 8 heteroatoms. The van der Waals surface area contributed by atoms with E-state index in [2.05, 4.69) is 10.3 Å². The van der Waals surface area contributed by atoms with Crippen molar-refractivity contribution in [1.29, 1.82) is 0 Å². The lowest BCUT2D eigenvalue weighted by atomic mass is 10.3. The van der Waals surface area contributed by atoms with Gasteiger partial charge in [-0.3, -0.25) is 9.59 Å². The molecule has 1 aromatic rings. The van der Waals surface area contributed by atoms with Crippen molar-refractivity contribution in [2.24, 2.45) is 4.99 Å². The minimum absolute atomic E-state index is 0.204. The third kappa shape index (κ3) is 4.28. The number of para-hydroxylation sites is 1. The molecule has 1 heterocycles. The summed E-state index contributed by atoms with van der Waals surface area (Å²) in [5, 5.41) is 3.71. The highest BCUT2D eigenvalue weighted by Gasteiger charge is 2.26. The number of halogens is 2. The fourth-order valence-electron chi connectivity index (χ4n) is 1.92. The first-order chi connectivity index (χ1) is 11.0. The Hall–Kier alpha value is -1.50. The molecule has 1 saturated heterocycles. The van der Waals surface area contributed by atoms with Crippen molar-refractivity contribution in [2.75, 3.05) is 13.1 Å². The van der Waals surface area contributed by atoms with E-state index in [1.165, 1.54) is 6.08 Å². The number of nitrogens with zero attached hydrogens (tertiary/aromatic N) is 2. The molecule has 1 fully saturated rings. The number of thioether (sulfide) groups is 1. The van der Waals surface area contributed by atoms with Crippen LogP contribution in [0, 0.1) is 0 Å². The molecule has 2 amide bonds. The van der Waals surface area contributed by atoms with Crippen LogP contribution in [0.15, 0.2) is 34.2 Å². The van der Waals surface area contributed by atoms with Crippen LogP contribution in [-0.4, -0.2) is 35.0 Å². The average molecular weight is 372 g/mol. The number of carbonyl (C=O) groups excluding carboxylic acids is 2. The van der Waals surface area contributed by atoms with Crippen molar-refractivity contribution in [1.82, 2.24) is 10.2 Å². The first-order valence-corrected chi connectivity index (χ1v) is 8.56. The fourth-order valence-corrected chi connectivity index (χ4v) is 3.19. The molecule has 1 aromatic carbocycles. The van der Waals surface area contributed by atoms with Crippen LogP contribution in [-0.2, 0) is 9.59 Å². The number of amidine groups is 1. The third-order valence-corrected chi connectivity index (χ3v) is 4.65. The molecule has 0 bridgehead atoms. The highest BCUT2D eigenvalue weighted by atomic mass is 35.5. The van der Waals surface area contributed by atoms with Gasteiger partial charge in [0.1, 0.15) is 5.69 Å². The molecule has 0 spiro atoms. The van der Waals surface area contributed by atoms with Crippen molar-refractivity contribution < 1.29 is 9.59 Å².